The van der Waals surface area contributed by atoms with Gasteiger partial charge in [-0.1, -0.05) is 28.1 Å². The molecule has 0 unspecified atom stereocenters. The van der Waals surface area contributed by atoms with Gasteiger partial charge in [0, 0.05) is 23.0 Å². The Morgan fingerprint density at radius 1 is 1.22 bits per heavy atom. The second-order valence-electron chi connectivity index (χ2n) is 4.92. The number of benzene rings is 1. The molecule has 3 N–H and O–H groups in total. The highest BCUT2D eigenvalue weighted by Crippen LogP contribution is 2.17. The highest BCUT2D eigenvalue weighted by atomic mass is 79.9. The molecule has 1 fully saturated rings. The van der Waals surface area contributed by atoms with Crippen LogP contribution in [0.5, 0.6) is 0 Å². The van der Waals surface area contributed by atoms with E-state index in [1.54, 1.807) is 0 Å². The van der Waals surface area contributed by atoms with Crippen molar-refractivity contribution in [3.05, 3.63) is 35.4 Å². The molecule has 0 bridgehead atoms. The fraction of sp³-hybridized carbons (Fsp3) is 0.500. The summed E-state index contributed by atoms with van der Waals surface area (Å²) in [5, 5.41) is 3.90. The summed E-state index contributed by atoms with van der Waals surface area (Å²) in [7, 11) is 0. The summed E-state index contributed by atoms with van der Waals surface area (Å²) in [4.78, 5) is 12.0. The summed E-state index contributed by atoms with van der Waals surface area (Å²) in [5.74, 6) is 0.0246. The van der Waals surface area contributed by atoms with Crippen molar-refractivity contribution < 1.29 is 4.79 Å². The SMILES string of the molecule is NC1CCC(NC(=O)c2ccc(CBr)cc2)CC1. The third-order valence-electron chi connectivity index (χ3n) is 3.48. The number of rotatable bonds is 3. The number of halogens is 1. The molecule has 1 aliphatic carbocycles. The Balaban J connectivity index is 1.90. The maximum Gasteiger partial charge on any atom is 0.251 e. The van der Waals surface area contributed by atoms with E-state index in [9.17, 15) is 4.79 Å². The van der Waals surface area contributed by atoms with Crippen LogP contribution in [-0.4, -0.2) is 18.0 Å². The molecule has 0 aromatic heterocycles. The first-order chi connectivity index (χ1) is 8.69. The number of carbonyl (C=O) groups excluding carboxylic acids is 1. The maximum atomic E-state index is 12.0. The van der Waals surface area contributed by atoms with Crippen molar-refractivity contribution in [2.45, 2.75) is 43.1 Å². The first-order valence-corrected chi connectivity index (χ1v) is 7.52. The topological polar surface area (TPSA) is 55.1 Å². The van der Waals surface area contributed by atoms with Gasteiger partial charge in [0.25, 0.3) is 5.91 Å². The first-order valence-electron chi connectivity index (χ1n) is 6.40. The fourth-order valence-electron chi connectivity index (χ4n) is 2.28. The molecule has 1 amide bonds. The van der Waals surface area contributed by atoms with Crippen molar-refractivity contribution in [1.82, 2.24) is 5.32 Å². The van der Waals surface area contributed by atoms with E-state index < -0.39 is 0 Å². The number of hydrogen-bond acceptors (Lipinski definition) is 2. The molecule has 1 aliphatic rings. The zero-order valence-electron chi connectivity index (χ0n) is 10.4. The van der Waals surface area contributed by atoms with Gasteiger partial charge in [-0.25, -0.2) is 0 Å². The molecule has 0 radical (unpaired) electrons. The molecule has 1 saturated carbocycles. The van der Waals surface area contributed by atoms with Gasteiger partial charge >= 0.3 is 0 Å². The Kier molecular flexibility index (Phi) is 4.78. The van der Waals surface area contributed by atoms with Gasteiger partial charge in [-0.3, -0.25) is 4.79 Å². The van der Waals surface area contributed by atoms with Gasteiger partial charge in [-0.15, -0.1) is 0 Å². The number of nitrogens with one attached hydrogen (secondary N) is 1. The predicted molar refractivity (Wildman–Crippen MR) is 76.8 cm³/mol. The number of nitrogens with two attached hydrogens (primary N) is 1. The van der Waals surface area contributed by atoms with E-state index in [-0.39, 0.29) is 11.9 Å². The summed E-state index contributed by atoms with van der Waals surface area (Å²) in [5.41, 5.74) is 7.76. The van der Waals surface area contributed by atoms with Crippen LogP contribution in [0.15, 0.2) is 24.3 Å². The molecular formula is C14H19BrN2O. The summed E-state index contributed by atoms with van der Waals surface area (Å²) < 4.78 is 0. The normalized spacial score (nSPS) is 23.7. The Morgan fingerprint density at radius 3 is 2.39 bits per heavy atom. The average molecular weight is 311 g/mol. The zero-order chi connectivity index (χ0) is 13.0. The minimum Gasteiger partial charge on any atom is -0.349 e. The zero-order valence-corrected chi connectivity index (χ0v) is 11.9. The second-order valence-corrected chi connectivity index (χ2v) is 5.48. The van der Waals surface area contributed by atoms with Crippen molar-refractivity contribution in [1.29, 1.82) is 0 Å². The van der Waals surface area contributed by atoms with Crippen LogP contribution in [0, 0.1) is 0 Å². The third kappa shape index (κ3) is 3.56. The van der Waals surface area contributed by atoms with Gasteiger partial charge < -0.3 is 11.1 Å². The quantitative estimate of drug-likeness (QED) is 0.843. The van der Waals surface area contributed by atoms with E-state index in [0.717, 1.165) is 36.6 Å². The molecule has 18 heavy (non-hydrogen) atoms. The van der Waals surface area contributed by atoms with E-state index >= 15 is 0 Å². The van der Waals surface area contributed by atoms with E-state index in [2.05, 4.69) is 21.2 Å². The molecule has 4 heteroatoms. The lowest BCUT2D eigenvalue weighted by atomic mass is 9.91. The van der Waals surface area contributed by atoms with Gasteiger partial charge in [0.05, 0.1) is 0 Å². The van der Waals surface area contributed by atoms with Gasteiger partial charge in [-0.05, 0) is 43.4 Å². The van der Waals surface area contributed by atoms with Crippen LogP contribution in [0.3, 0.4) is 0 Å². The predicted octanol–water partition coefficient (Wildman–Crippen LogP) is 2.58. The fourth-order valence-corrected chi connectivity index (χ4v) is 2.65. The monoisotopic (exact) mass is 310 g/mol. The largest absolute Gasteiger partial charge is 0.349 e. The van der Waals surface area contributed by atoms with Crippen LogP contribution in [0.2, 0.25) is 0 Å². The van der Waals surface area contributed by atoms with E-state index in [1.807, 2.05) is 24.3 Å². The molecule has 98 valence electrons. The number of amides is 1. The standard InChI is InChI=1S/C14H19BrN2O/c15-9-10-1-3-11(4-2-10)14(18)17-13-7-5-12(16)6-8-13/h1-4,12-13H,5-9,16H2,(H,17,18). The summed E-state index contributed by atoms with van der Waals surface area (Å²) in [6.07, 6.45) is 4.00. The average Bonchev–Trinajstić information content (AvgIpc) is 2.41. The number of carbonyl (C=O) groups is 1. The molecule has 0 heterocycles. The summed E-state index contributed by atoms with van der Waals surface area (Å²) in [6.45, 7) is 0. The minimum atomic E-state index is 0.0246. The number of hydrogen-bond donors (Lipinski definition) is 2. The Labute approximate surface area is 116 Å². The van der Waals surface area contributed by atoms with Crippen LogP contribution < -0.4 is 11.1 Å². The highest BCUT2D eigenvalue weighted by Gasteiger charge is 2.20. The van der Waals surface area contributed by atoms with E-state index in [1.165, 1.54) is 5.56 Å². The van der Waals surface area contributed by atoms with Gasteiger partial charge in [0.2, 0.25) is 0 Å². The lowest BCUT2D eigenvalue weighted by molar-refractivity contribution is 0.0926. The molecule has 0 spiro atoms. The van der Waals surface area contributed by atoms with Crippen LogP contribution >= 0.6 is 15.9 Å². The molecule has 1 aromatic carbocycles. The summed E-state index contributed by atoms with van der Waals surface area (Å²) in [6, 6.07) is 8.30. The molecule has 0 atom stereocenters. The maximum absolute atomic E-state index is 12.0. The third-order valence-corrected chi connectivity index (χ3v) is 4.12. The highest BCUT2D eigenvalue weighted by molar-refractivity contribution is 9.08. The molecular weight excluding hydrogens is 292 g/mol. The van der Waals surface area contributed by atoms with Crippen molar-refractivity contribution >= 4 is 21.8 Å². The van der Waals surface area contributed by atoms with Crippen LogP contribution in [0.25, 0.3) is 0 Å². The molecule has 1 aromatic rings. The Hall–Kier alpha value is -0.870. The van der Waals surface area contributed by atoms with E-state index in [0.29, 0.717) is 6.04 Å². The minimum absolute atomic E-state index is 0.0246. The van der Waals surface area contributed by atoms with Crippen molar-refractivity contribution in [3.8, 4) is 0 Å². The summed E-state index contributed by atoms with van der Waals surface area (Å²) >= 11 is 3.39. The van der Waals surface area contributed by atoms with Crippen molar-refractivity contribution in [2.24, 2.45) is 5.73 Å². The van der Waals surface area contributed by atoms with Crippen molar-refractivity contribution in [3.63, 3.8) is 0 Å². The molecule has 3 nitrogen and oxygen atoms in total. The van der Waals surface area contributed by atoms with Crippen LogP contribution in [-0.2, 0) is 5.33 Å². The van der Waals surface area contributed by atoms with Crippen LogP contribution in [0.1, 0.15) is 41.6 Å². The Morgan fingerprint density at radius 2 is 1.83 bits per heavy atom. The van der Waals surface area contributed by atoms with Crippen LogP contribution in [0.4, 0.5) is 0 Å². The molecule has 0 saturated heterocycles. The van der Waals surface area contributed by atoms with Gasteiger partial charge in [0.15, 0.2) is 0 Å². The smallest absolute Gasteiger partial charge is 0.251 e. The lowest BCUT2D eigenvalue weighted by Crippen LogP contribution is -2.40. The van der Waals surface area contributed by atoms with E-state index in [4.69, 9.17) is 5.73 Å². The molecule has 0 aliphatic heterocycles. The molecule has 2 rings (SSSR count). The lowest BCUT2D eigenvalue weighted by Gasteiger charge is -2.26. The Bertz CT molecular complexity index is 397. The number of alkyl halides is 1. The first kappa shape index (κ1) is 13.6. The van der Waals surface area contributed by atoms with Crippen molar-refractivity contribution in [2.75, 3.05) is 0 Å². The van der Waals surface area contributed by atoms with Gasteiger partial charge in [0.1, 0.15) is 0 Å². The second kappa shape index (κ2) is 6.34. The van der Waals surface area contributed by atoms with Gasteiger partial charge in [-0.2, -0.15) is 0 Å².